The first-order valence-electron chi connectivity index (χ1n) is 11.6. The molecule has 2 aromatic carbocycles. The van der Waals surface area contributed by atoms with Crippen LogP contribution in [0.15, 0.2) is 53.3 Å². The van der Waals surface area contributed by atoms with Crippen molar-refractivity contribution in [3.8, 4) is 11.5 Å². The highest BCUT2D eigenvalue weighted by atomic mass is 16.5. The third kappa shape index (κ3) is 4.62. The number of aromatic amines is 1. The molecule has 10 heteroatoms. The number of likely N-dealkylation sites (N-methyl/N-ethyl adjacent to an activating group) is 1. The SMILES string of the molecule is COc1cc2cc(C(c3nnnn3Cc3ccccc3)N3CCN(C)CC3)c(=O)[nH]c2cc1OC. The predicted octanol–water partition coefficient (Wildman–Crippen LogP) is 1.92. The molecule has 1 N–H and O–H groups in total. The minimum Gasteiger partial charge on any atom is -0.493 e. The van der Waals surface area contributed by atoms with Crippen LogP contribution in [0.1, 0.15) is 23.0 Å². The number of aromatic nitrogens is 5. The van der Waals surface area contributed by atoms with Crippen molar-refractivity contribution in [1.29, 1.82) is 0 Å². The lowest BCUT2D eigenvalue weighted by Crippen LogP contribution is -2.47. The van der Waals surface area contributed by atoms with Crippen LogP contribution in [0.2, 0.25) is 0 Å². The number of tetrazole rings is 1. The number of hydrogen-bond acceptors (Lipinski definition) is 8. The third-order valence-electron chi connectivity index (χ3n) is 6.55. The van der Waals surface area contributed by atoms with Crippen molar-refractivity contribution in [1.82, 2.24) is 35.0 Å². The van der Waals surface area contributed by atoms with Crippen LogP contribution in [0, 0.1) is 0 Å². The van der Waals surface area contributed by atoms with Gasteiger partial charge in [0.25, 0.3) is 5.56 Å². The van der Waals surface area contributed by atoms with E-state index in [4.69, 9.17) is 9.47 Å². The van der Waals surface area contributed by atoms with Crippen molar-refractivity contribution in [2.24, 2.45) is 0 Å². The predicted molar refractivity (Wildman–Crippen MR) is 132 cm³/mol. The quantitative estimate of drug-likeness (QED) is 0.433. The topological polar surface area (TPSA) is 101 Å². The fraction of sp³-hybridized carbons (Fsp3) is 0.360. The molecule has 1 fully saturated rings. The first-order valence-corrected chi connectivity index (χ1v) is 11.6. The van der Waals surface area contributed by atoms with Crippen molar-refractivity contribution < 1.29 is 9.47 Å². The number of benzene rings is 2. The van der Waals surface area contributed by atoms with Gasteiger partial charge in [-0.1, -0.05) is 30.3 Å². The molecule has 182 valence electrons. The summed E-state index contributed by atoms with van der Waals surface area (Å²) in [7, 11) is 5.28. The molecule has 1 aliphatic rings. The number of methoxy groups -OCH3 is 2. The van der Waals surface area contributed by atoms with Crippen LogP contribution in [-0.4, -0.2) is 82.4 Å². The summed E-state index contributed by atoms with van der Waals surface area (Å²) in [4.78, 5) is 21.1. The van der Waals surface area contributed by atoms with Gasteiger partial charge in [0.05, 0.1) is 26.3 Å². The van der Waals surface area contributed by atoms with Gasteiger partial charge in [-0.25, -0.2) is 4.68 Å². The lowest BCUT2D eigenvalue weighted by molar-refractivity contribution is 0.121. The Bertz CT molecular complexity index is 1360. The molecule has 1 aliphatic heterocycles. The molecule has 0 spiro atoms. The van der Waals surface area contributed by atoms with Crippen molar-refractivity contribution in [3.63, 3.8) is 0 Å². The maximum Gasteiger partial charge on any atom is 0.253 e. The molecule has 0 amide bonds. The molecule has 10 nitrogen and oxygen atoms in total. The van der Waals surface area contributed by atoms with Crippen molar-refractivity contribution in [2.45, 2.75) is 12.6 Å². The van der Waals surface area contributed by atoms with E-state index in [0.717, 1.165) is 37.1 Å². The van der Waals surface area contributed by atoms with Crippen LogP contribution in [0.3, 0.4) is 0 Å². The van der Waals surface area contributed by atoms with Crippen molar-refractivity contribution in [2.75, 3.05) is 47.4 Å². The van der Waals surface area contributed by atoms with E-state index < -0.39 is 6.04 Å². The van der Waals surface area contributed by atoms with Gasteiger partial charge in [0, 0.05) is 43.2 Å². The number of H-pyrrole nitrogens is 1. The standard InChI is InChI=1S/C25H29N7O3/c1-30-9-11-31(12-10-30)23(24-27-28-29-32(24)16-17-7-5-4-6-8-17)19-13-18-14-21(34-2)22(35-3)15-20(18)26-25(19)33/h4-8,13-15,23H,9-12,16H2,1-3H3,(H,26,33). The second-order valence-corrected chi connectivity index (χ2v) is 8.77. The Morgan fingerprint density at radius 1 is 1.00 bits per heavy atom. The molecular formula is C25H29N7O3. The molecule has 1 saturated heterocycles. The molecule has 0 bridgehead atoms. The molecule has 5 rings (SSSR count). The number of hydrogen-bond donors (Lipinski definition) is 1. The zero-order valence-corrected chi connectivity index (χ0v) is 20.1. The Labute approximate surface area is 203 Å². The molecule has 0 aliphatic carbocycles. The van der Waals surface area contributed by atoms with Gasteiger partial charge in [0.15, 0.2) is 17.3 Å². The Morgan fingerprint density at radius 3 is 2.43 bits per heavy atom. The Balaban J connectivity index is 1.63. The summed E-state index contributed by atoms with van der Waals surface area (Å²) in [6.07, 6.45) is 0. The van der Waals surface area contributed by atoms with Crippen LogP contribution >= 0.6 is 0 Å². The van der Waals surface area contributed by atoms with E-state index in [1.807, 2.05) is 42.5 Å². The number of fused-ring (bicyclic) bond motifs is 1. The number of nitrogens with one attached hydrogen (secondary N) is 1. The lowest BCUT2D eigenvalue weighted by Gasteiger charge is -2.37. The fourth-order valence-corrected chi connectivity index (χ4v) is 4.61. The summed E-state index contributed by atoms with van der Waals surface area (Å²) in [6.45, 7) is 3.90. The van der Waals surface area contributed by atoms with E-state index in [0.29, 0.717) is 34.9 Å². The second-order valence-electron chi connectivity index (χ2n) is 8.77. The number of ether oxygens (including phenoxy) is 2. The van der Waals surface area contributed by atoms with Crippen LogP contribution < -0.4 is 15.0 Å². The van der Waals surface area contributed by atoms with Crippen LogP contribution in [0.4, 0.5) is 0 Å². The van der Waals surface area contributed by atoms with Crippen molar-refractivity contribution >= 4 is 10.9 Å². The number of nitrogens with zero attached hydrogens (tertiary/aromatic N) is 6. The highest BCUT2D eigenvalue weighted by Crippen LogP contribution is 2.33. The molecule has 4 aromatic rings. The van der Waals surface area contributed by atoms with Gasteiger partial charge in [-0.05, 0) is 35.2 Å². The third-order valence-corrected chi connectivity index (χ3v) is 6.55. The van der Waals surface area contributed by atoms with E-state index >= 15 is 0 Å². The summed E-state index contributed by atoms with van der Waals surface area (Å²) in [5.41, 5.74) is 2.18. The smallest absolute Gasteiger partial charge is 0.253 e. The van der Waals surface area contributed by atoms with E-state index in [1.54, 1.807) is 25.0 Å². The molecule has 0 radical (unpaired) electrons. The average molecular weight is 476 g/mol. The molecular weight excluding hydrogens is 446 g/mol. The Morgan fingerprint density at radius 2 is 1.71 bits per heavy atom. The second kappa shape index (κ2) is 9.85. The summed E-state index contributed by atoms with van der Waals surface area (Å²) < 4.78 is 12.7. The maximum absolute atomic E-state index is 13.5. The largest absolute Gasteiger partial charge is 0.493 e. The summed E-state index contributed by atoms with van der Waals surface area (Å²) in [5, 5.41) is 13.5. The molecule has 1 unspecified atom stereocenters. The van der Waals surface area contributed by atoms with E-state index in [1.165, 1.54) is 0 Å². The van der Waals surface area contributed by atoms with Gasteiger partial charge in [0.1, 0.15) is 6.04 Å². The number of piperazine rings is 1. The minimum atomic E-state index is -0.399. The molecule has 0 saturated carbocycles. The zero-order chi connectivity index (χ0) is 24.4. The highest BCUT2D eigenvalue weighted by molar-refractivity contribution is 5.83. The van der Waals surface area contributed by atoms with Crippen LogP contribution in [0.5, 0.6) is 11.5 Å². The van der Waals surface area contributed by atoms with Gasteiger partial charge >= 0.3 is 0 Å². The van der Waals surface area contributed by atoms with Crippen LogP contribution in [0.25, 0.3) is 10.9 Å². The minimum absolute atomic E-state index is 0.178. The molecule has 35 heavy (non-hydrogen) atoms. The van der Waals surface area contributed by atoms with Gasteiger partial charge in [0.2, 0.25) is 0 Å². The van der Waals surface area contributed by atoms with E-state index in [2.05, 4.69) is 37.4 Å². The van der Waals surface area contributed by atoms with Crippen molar-refractivity contribution in [3.05, 3.63) is 75.8 Å². The fourth-order valence-electron chi connectivity index (χ4n) is 4.61. The van der Waals surface area contributed by atoms with E-state index in [9.17, 15) is 4.79 Å². The highest BCUT2D eigenvalue weighted by Gasteiger charge is 2.32. The lowest BCUT2D eigenvalue weighted by atomic mass is 10.0. The molecule has 2 aromatic heterocycles. The molecule has 1 atom stereocenters. The maximum atomic E-state index is 13.5. The first kappa shape index (κ1) is 23.0. The van der Waals surface area contributed by atoms with Gasteiger partial charge in [-0.3, -0.25) is 9.69 Å². The van der Waals surface area contributed by atoms with Crippen LogP contribution in [-0.2, 0) is 6.54 Å². The average Bonchev–Trinajstić information content (AvgIpc) is 3.33. The Kier molecular flexibility index (Phi) is 6.47. The summed E-state index contributed by atoms with van der Waals surface area (Å²) in [5.74, 6) is 1.80. The Hall–Kier alpha value is -3.76. The number of rotatable bonds is 7. The zero-order valence-electron chi connectivity index (χ0n) is 20.1. The number of pyridine rings is 1. The first-order chi connectivity index (χ1) is 17.1. The summed E-state index contributed by atoms with van der Waals surface area (Å²) in [6, 6.07) is 15.2. The molecule has 3 heterocycles. The van der Waals surface area contributed by atoms with Gasteiger partial charge in [-0.15, -0.1) is 5.10 Å². The monoisotopic (exact) mass is 475 g/mol. The van der Waals surface area contributed by atoms with E-state index in [-0.39, 0.29) is 5.56 Å². The van der Waals surface area contributed by atoms with Gasteiger partial charge in [-0.2, -0.15) is 0 Å². The van der Waals surface area contributed by atoms with Gasteiger partial charge < -0.3 is 19.4 Å². The normalized spacial score (nSPS) is 15.9. The summed E-state index contributed by atoms with van der Waals surface area (Å²) >= 11 is 0.